The van der Waals surface area contributed by atoms with E-state index in [4.69, 9.17) is 13.9 Å². The van der Waals surface area contributed by atoms with Crippen LogP contribution in [0.3, 0.4) is 0 Å². The van der Waals surface area contributed by atoms with Crippen LogP contribution in [0.2, 0.25) is 0 Å². The van der Waals surface area contributed by atoms with Gasteiger partial charge in [-0.1, -0.05) is 19.1 Å². The number of amides is 1. The standard InChI is InChI=1S/C28H29NO6/c1-4-13-35-23-12-11-20(15-18(23)3)26(30)24-25(19-8-6-9-21(16-19)33-5-2)29(28(32)27(24)31)17-22-10-7-14-34-22/h6-12,14-16,25,30H,4-5,13,17H2,1-3H3/b26-24+. The van der Waals surface area contributed by atoms with Crippen LogP contribution in [0.1, 0.15) is 48.8 Å². The molecule has 1 unspecified atom stereocenters. The third-order valence-electron chi connectivity index (χ3n) is 5.84. The second-order valence-electron chi connectivity index (χ2n) is 8.34. The van der Waals surface area contributed by atoms with Gasteiger partial charge in [0.2, 0.25) is 0 Å². The Labute approximate surface area is 204 Å². The number of carbonyl (C=O) groups excluding carboxylic acids is 2. The maximum atomic E-state index is 13.3. The van der Waals surface area contributed by atoms with Crippen LogP contribution in [0, 0.1) is 6.92 Å². The predicted octanol–water partition coefficient (Wildman–Crippen LogP) is 5.40. The number of aliphatic hydroxyl groups is 1. The van der Waals surface area contributed by atoms with Gasteiger partial charge in [-0.2, -0.15) is 0 Å². The molecule has 1 amide bonds. The summed E-state index contributed by atoms with van der Waals surface area (Å²) in [5.41, 5.74) is 1.94. The molecule has 1 saturated heterocycles. The third-order valence-corrected chi connectivity index (χ3v) is 5.84. The molecule has 1 aromatic heterocycles. The SMILES string of the molecule is CCCOc1ccc(/C(O)=C2\C(=O)C(=O)N(Cc3ccco3)C2c2cccc(OCC)c2)cc1C. The number of carbonyl (C=O) groups is 2. The highest BCUT2D eigenvalue weighted by molar-refractivity contribution is 6.46. The number of aryl methyl sites for hydroxylation is 1. The largest absolute Gasteiger partial charge is 0.507 e. The zero-order chi connectivity index (χ0) is 24.9. The second kappa shape index (κ2) is 10.5. The number of benzene rings is 2. The number of Topliss-reactive ketones (excluding diaryl/α,β-unsaturated/α-hetero) is 1. The Balaban J connectivity index is 1.82. The van der Waals surface area contributed by atoms with Gasteiger partial charge in [0.05, 0.1) is 37.6 Å². The molecule has 0 saturated carbocycles. The zero-order valence-corrected chi connectivity index (χ0v) is 20.1. The first-order valence-corrected chi connectivity index (χ1v) is 11.7. The van der Waals surface area contributed by atoms with E-state index < -0.39 is 17.7 Å². The molecule has 2 heterocycles. The van der Waals surface area contributed by atoms with Gasteiger partial charge in [-0.15, -0.1) is 0 Å². The molecule has 1 fully saturated rings. The molecular formula is C28H29NO6. The van der Waals surface area contributed by atoms with Crippen molar-refractivity contribution >= 4 is 17.4 Å². The summed E-state index contributed by atoms with van der Waals surface area (Å²) < 4.78 is 16.8. The molecule has 0 bridgehead atoms. The normalized spacial score (nSPS) is 17.1. The molecule has 1 aliphatic heterocycles. The second-order valence-corrected chi connectivity index (χ2v) is 8.34. The molecule has 2 aromatic carbocycles. The lowest BCUT2D eigenvalue weighted by Crippen LogP contribution is -2.29. The van der Waals surface area contributed by atoms with E-state index in [1.807, 2.05) is 32.9 Å². The average molecular weight is 476 g/mol. The number of likely N-dealkylation sites (tertiary alicyclic amines) is 1. The molecular weight excluding hydrogens is 446 g/mol. The van der Waals surface area contributed by atoms with Crippen molar-refractivity contribution in [2.45, 2.75) is 39.8 Å². The molecule has 0 spiro atoms. The maximum Gasteiger partial charge on any atom is 0.296 e. The van der Waals surface area contributed by atoms with Crippen molar-refractivity contribution in [1.82, 2.24) is 4.90 Å². The van der Waals surface area contributed by atoms with Gasteiger partial charge in [-0.25, -0.2) is 0 Å². The number of rotatable bonds is 9. The first kappa shape index (κ1) is 24.1. The quantitative estimate of drug-likeness (QED) is 0.253. The third kappa shape index (κ3) is 4.94. The molecule has 7 heteroatoms. The molecule has 1 atom stereocenters. The van der Waals surface area contributed by atoms with Crippen LogP contribution in [-0.2, 0) is 16.1 Å². The van der Waals surface area contributed by atoms with Crippen LogP contribution in [-0.4, -0.2) is 34.9 Å². The molecule has 0 aliphatic carbocycles. The number of hydrogen-bond donors (Lipinski definition) is 1. The average Bonchev–Trinajstić information content (AvgIpc) is 3.45. The Kier molecular flexibility index (Phi) is 7.25. The minimum Gasteiger partial charge on any atom is -0.507 e. The summed E-state index contributed by atoms with van der Waals surface area (Å²) in [5, 5.41) is 11.3. The minimum absolute atomic E-state index is 0.0248. The van der Waals surface area contributed by atoms with Crippen LogP contribution in [0.15, 0.2) is 70.9 Å². The van der Waals surface area contributed by atoms with Crippen molar-refractivity contribution in [1.29, 1.82) is 0 Å². The van der Waals surface area contributed by atoms with E-state index in [0.717, 1.165) is 12.0 Å². The number of aliphatic hydroxyl groups excluding tert-OH is 1. The predicted molar refractivity (Wildman–Crippen MR) is 131 cm³/mol. The Bertz CT molecular complexity index is 1240. The van der Waals surface area contributed by atoms with Gasteiger partial charge in [0, 0.05) is 5.56 Å². The highest BCUT2D eigenvalue weighted by atomic mass is 16.5. The molecule has 35 heavy (non-hydrogen) atoms. The first-order chi connectivity index (χ1) is 16.9. The van der Waals surface area contributed by atoms with E-state index in [0.29, 0.717) is 41.6 Å². The smallest absolute Gasteiger partial charge is 0.296 e. The molecule has 1 aliphatic rings. The fraction of sp³-hybridized carbons (Fsp3) is 0.286. The van der Waals surface area contributed by atoms with Crippen LogP contribution in [0.4, 0.5) is 0 Å². The number of ketones is 1. The van der Waals surface area contributed by atoms with Gasteiger partial charge in [0.1, 0.15) is 23.0 Å². The maximum absolute atomic E-state index is 13.3. The summed E-state index contributed by atoms with van der Waals surface area (Å²) in [5.74, 6) is 0.178. The minimum atomic E-state index is -0.808. The Morgan fingerprint density at radius 1 is 1.06 bits per heavy atom. The van der Waals surface area contributed by atoms with Crippen molar-refractivity contribution in [2.75, 3.05) is 13.2 Å². The van der Waals surface area contributed by atoms with E-state index in [1.165, 1.54) is 11.2 Å². The summed E-state index contributed by atoms with van der Waals surface area (Å²) in [6.07, 6.45) is 2.39. The topological polar surface area (TPSA) is 89.2 Å². The summed E-state index contributed by atoms with van der Waals surface area (Å²) in [7, 11) is 0. The lowest BCUT2D eigenvalue weighted by molar-refractivity contribution is -0.140. The van der Waals surface area contributed by atoms with Gasteiger partial charge in [-0.05, 0) is 73.9 Å². The first-order valence-electron chi connectivity index (χ1n) is 11.7. The van der Waals surface area contributed by atoms with Gasteiger partial charge < -0.3 is 23.9 Å². The highest BCUT2D eigenvalue weighted by Gasteiger charge is 2.46. The van der Waals surface area contributed by atoms with Gasteiger partial charge in [0.15, 0.2) is 0 Å². The lowest BCUT2D eigenvalue weighted by atomic mass is 9.94. The summed E-state index contributed by atoms with van der Waals surface area (Å²) in [6, 6.07) is 15.1. The molecule has 7 nitrogen and oxygen atoms in total. The molecule has 0 radical (unpaired) electrons. The fourth-order valence-corrected chi connectivity index (χ4v) is 4.23. The van der Waals surface area contributed by atoms with E-state index in [9.17, 15) is 14.7 Å². The number of furan rings is 1. The summed E-state index contributed by atoms with van der Waals surface area (Å²) in [4.78, 5) is 27.8. The van der Waals surface area contributed by atoms with E-state index >= 15 is 0 Å². The molecule has 3 aromatic rings. The molecule has 182 valence electrons. The van der Waals surface area contributed by atoms with Crippen LogP contribution >= 0.6 is 0 Å². The molecule has 1 N–H and O–H groups in total. The molecule has 4 rings (SSSR count). The van der Waals surface area contributed by atoms with E-state index in [-0.39, 0.29) is 17.9 Å². The van der Waals surface area contributed by atoms with Crippen molar-refractivity contribution in [2.24, 2.45) is 0 Å². The van der Waals surface area contributed by atoms with Crippen molar-refractivity contribution in [3.05, 3.63) is 88.9 Å². The lowest BCUT2D eigenvalue weighted by Gasteiger charge is -2.25. The Morgan fingerprint density at radius 3 is 2.57 bits per heavy atom. The zero-order valence-electron chi connectivity index (χ0n) is 20.1. The summed E-state index contributed by atoms with van der Waals surface area (Å²) >= 11 is 0. The summed E-state index contributed by atoms with van der Waals surface area (Å²) in [6.45, 7) is 6.92. The monoisotopic (exact) mass is 475 g/mol. The van der Waals surface area contributed by atoms with Crippen LogP contribution in [0.5, 0.6) is 11.5 Å². The van der Waals surface area contributed by atoms with Crippen molar-refractivity contribution in [3.8, 4) is 11.5 Å². The van der Waals surface area contributed by atoms with Gasteiger partial charge in [0.25, 0.3) is 11.7 Å². The highest BCUT2D eigenvalue weighted by Crippen LogP contribution is 2.41. The number of ether oxygens (including phenoxy) is 2. The van der Waals surface area contributed by atoms with Crippen molar-refractivity contribution < 1.29 is 28.6 Å². The number of hydrogen-bond acceptors (Lipinski definition) is 6. The van der Waals surface area contributed by atoms with E-state index in [2.05, 4.69) is 0 Å². The van der Waals surface area contributed by atoms with Crippen LogP contribution in [0.25, 0.3) is 5.76 Å². The Hall–Kier alpha value is -4.00. The Morgan fingerprint density at radius 2 is 1.89 bits per heavy atom. The van der Waals surface area contributed by atoms with Gasteiger partial charge >= 0.3 is 0 Å². The fourth-order valence-electron chi connectivity index (χ4n) is 4.23. The van der Waals surface area contributed by atoms with Gasteiger partial charge in [-0.3, -0.25) is 9.59 Å². The number of nitrogens with zero attached hydrogens (tertiary/aromatic N) is 1. The van der Waals surface area contributed by atoms with E-state index in [1.54, 1.807) is 42.5 Å². The van der Waals surface area contributed by atoms with Crippen LogP contribution < -0.4 is 9.47 Å². The van der Waals surface area contributed by atoms with Crippen molar-refractivity contribution in [3.63, 3.8) is 0 Å².